The molecule has 0 saturated carbocycles. The highest BCUT2D eigenvalue weighted by Gasteiger charge is 2.41. The fourth-order valence-electron chi connectivity index (χ4n) is 4.67. The molecule has 3 N–H and O–H groups in total. The van der Waals surface area contributed by atoms with Crippen molar-refractivity contribution in [1.29, 1.82) is 0 Å². The summed E-state index contributed by atoms with van der Waals surface area (Å²) in [6.45, 7) is 0. The van der Waals surface area contributed by atoms with E-state index in [9.17, 15) is 20.3 Å². The van der Waals surface area contributed by atoms with Crippen LogP contribution in [0.5, 0.6) is 11.5 Å². The number of fused-ring (bicyclic) bond motifs is 4. The maximum Gasteiger partial charge on any atom is 0.273 e. The predicted molar refractivity (Wildman–Crippen MR) is 107 cm³/mol. The standard InChI is InChI=1S/C22H18N2O4/c25-18-9-8-12-4-1-2-5-14(12)20(18)22-16-7-3-6-15(16)17-10-13(24(27)28)11-19(26)21(17)23-22/h1-6,8-11,15-16,22-23,25-26H,7H2. The molecule has 0 saturated heterocycles. The molecule has 6 heteroatoms. The second-order valence-electron chi connectivity index (χ2n) is 7.38. The smallest absolute Gasteiger partial charge is 0.273 e. The highest BCUT2D eigenvalue weighted by atomic mass is 16.6. The maximum absolute atomic E-state index is 11.2. The minimum atomic E-state index is -0.490. The van der Waals surface area contributed by atoms with Crippen molar-refractivity contribution >= 4 is 22.1 Å². The number of rotatable bonds is 2. The first-order valence-electron chi connectivity index (χ1n) is 9.19. The van der Waals surface area contributed by atoms with E-state index in [0.717, 1.165) is 28.3 Å². The lowest BCUT2D eigenvalue weighted by Gasteiger charge is -2.38. The number of phenolic OH excluding ortho intramolecular Hbond substituents is 2. The van der Waals surface area contributed by atoms with Gasteiger partial charge in [0.25, 0.3) is 5.69 Å². The summed E-state index contributed by atoms with van der Waals surface area (Å²) in [4.78, 5) is 10.7. The van der Waals surface area contributed by atoms with Crippen LogP contribution < -0.4 is 5.32 Å². The zero-order valence-electron chi connectivity index (χ0n) is 14.9. The summed E-state index contributed by atoms with van der Waals surface area (Å²) < 4.78 is 0. The number of hydrogen-bond donors (Lipinski definition) is 3. The number of non-ortho nitro benzene ring substituents is 1. The van der Waals surface area contributed by atoms with Gasteiger partial charge in [-0.15, -0.1) is 0 Å². The molecule has 3 unspecified atom stereocenters. The largest absolute Gasteiger partial charge is 0.508 e. The van der Waals surface area contributed by atoms with E-state index in [2.05, 4.69) is 11.4 Å². The predicted octanol–water partition coefficient (Wildman–Crippen LogP) is 4.99. The molecule has 1 aliphatic heterocycles. The van der Waals surface area contributed by atoms with E-state index in [1.165, 1.54) is 12.1 Å². The second-order valence-corrected chi connectivity index (χ2v) is 7.38. The number of nitrogens with one attached hydrogen (secondary N) is 1. The summed E-state index contributed by atoms with van der Waals surface area (Å²) in [5.41, 5.74) is 1.89. The van der Waals surface area contributed by atoms with Gasteiger partial charge in [0.1, 0.15) is 11.5 Å². The molecule has 2 aliphatic rings. The van der Waals surface area contributed by atoms with Gasteiger partial charge in [-0.3, -0.25) is 10.1 Å². The second kappa shape index (κ2) is 5.99. The van der Waals surface area contributed by atoms with E-state index in [1.54, 1.807) is 6.07 Å². The summed E-state index contributed by atoms with van der Waals surface area (Å²) >= 11 is 0. The van der Waals surface area contributed by atoms with Crippen molar-refractivity contribution in [2.24, 2.45) is 5.92 Å². The Labute approximate surface area is 160 Å². The van der Waals surface area contributed by atoms with Gasteiger partial charge in [0.05, 0.1) is 22.7 Å². The number of nitro groups is 1. The van der Waals surface area contributed by atoms with Gasteiger partial charge < -0.3 is 15.5 Å². The lowest BCUT2D eigenvalue weighted by atomic mass is 9.75. The van der Waals surface area contributed by atoms with Gasteiger partial charge in [0, 0.05) is 17.5 Å². The molecule has 3 atom stereocenters. The average molecular weight is 374 g/mol. The van der Waals surface area contributed by atoms with E-state index in [-0.39, 0.29) is 35.1 Å². The van der Waals surface area contributed by atoms with E-state index in [0.29, 0.717) is 5.69 Å². The number of nitro benzene ring substituents is 1. The van der Waals surface area contributed by atoms with Gasteiger partial charge >= 0.3 is 0 Å². The molecule has 3 aromatic rings. The molecular weight excluding hydrogens is 356 g/mol. The molecule has 6 nitrogen and oxygen atoms in total. The van der Waals surface area contributed by atoms with Crippen LogP contribution in [0.4, 0.5) is 11.4 Å². The van der Waals surface area contributed by atoms with Crippen molar-refractivity contribution in [2.75, 3.05) is 5.32 Å². The first kappa shape index (κ1) is 16.6. The number of phenols is 2. The Morgan fingerprint density at radius 1 is 1.07 bits per heavy atom. The minimum absolute atomic E-state index is 0.0644. The van der Waals surface area contributed by atoms with Gasteiger partial charge in [-0.1, -0.05) is 42.5 Å². The number of allylic oxidation sites excluding steroid dienone is 2. The third-order valence-corrected chi connectivity index (χ3v) is 5.90. The Balaban J connectivity index is 1.71. The Kier molecular flexibility index (Phi) is 3.55. The van der Waals surface area contributed by atoms with Gasteiger partial charge in [-0.25, -0.2) is 0 Å². The van der Waals surface area contributed by atoms with Crippen molar-refractivity contribution in [3.63, 3.8) is 0 Å². The summed E-state index contributed by atoms with van der Waals surface area (Å²) in [7, 11) is 0. The molecule has 0 radical (unpaired) electrons. The summed E-state index contributed by atoms with van der Waals surface area (Å²) in [6, 6.07) is 13.9. The van der Waals surface area contributed by atoms with E-state index >= 15 is 0 Å². The molecule has 0 bridgehead atoms. The van der Waals surface area contributed by atoms with E-state index < -0.39 is 4.92 Å². The van der Waals surface area contributed by atoms with Crippen LogP contribution in [0.1, 0.15) is 29.5 Å². The molecule has 1 aliphatic carbocycles. The van der Waals surface area contributed by atoms with Crippen molar-refractivity contribution in [1.82, 2.24) is 0 Å². The van der Waals surface area contributed by atoms with Crippen molar-refractivity contribution in [2.45, 2.75) is 18.4 Å². The van der Waals surface area contributed by atoms with Crippen LogP contribution >= 0.6 is 0 Å². The van der Waals surface area contributed by atoms with E-state index in [1.807, 2.05) is 36.4 Å². The molecule has 0 fully saturated rings. The third kappa shape index (κ3) is 2.34. The normalized spacial score (nSPS) is 22.5. The van der Waals surface area contributed by atoms with Crippen molar-refractivity contribution < 1.29 is 15.1 Å². The highest BCUT2D eigenvalue weighted by molar-refractivity contribution is 5.89. The lowest BCUT2D eigenvalue weighted by molar-refractivity contribution is -0.385. The summed E-state index contributed by atoms with van der Waals surface area (Å²) in [5.74, 6) is 0.0791. The zero-order valence-corrected chi connectivity index (χ0v) is 14.9. The minimum Gasteiger partial charge on any atom is -0.508 e. The molecule has 0 aromatic heterocycles. The fraction of sp³-hybridized carbons (Fsp3) is 0.182. The van der Waals surface area contributed by atoms with Gasteiger partial charge in [-0.05, 0) is 34.7 Å². The van der Waals surface area contributed by atoms with Crippen LogP contribution in [0.25, 0.3) is 10.8 Å². The van der Waals surface area contributed by atoms with Crippen LogP contribution in [-0.4, -0.2) is 15.1 Å². The van der Waals surface area contributed by atoms with Gasteiger partial charge in [0.2, 0.25) is 0 Å². The summed E-state index contributed by atoms with van der Waals surface area (Å²) in [5, 5.41) is 37.8. The molecule has 5 rings (SSSR count). The van der Waals surface area contributed by atoms with Gasteiger partial charge in [0.15, 0.2) is 0 Å². The SMILES string of the molecule is O=[N+]([O-])c1cc(O)c2c(c1)C1C=CCC1C(c1c(O)ccc3ccccc13)N2. The molecule has 0 spiro atoms. The van der Waals surface area contributed by atoms with E-state index in [4.69, 9.17) is 0 Å². The van der Waals surface area contributed by atoms with Crippen LogP contribution in [0, 0.1) is 16.0 Å². The Hall–Kier alpha value is -3.54. The molecule has 1 heterocycles. The molecule has 28 heavy (non-hydrogen) atoms. The summed E-state index contributed by atoms with van der Waals surface area (Å²) in [6.07, 6.45) is 4.90. The van der Waals surface area contributed by atoms with Crippen LogP contribution in [-0.2, 0) is 0 Å². The zero-order chi connectivity index (χ0) is 19.4. The van der Waals surface area contributed by atoms with Crippen molar-refractivity contribution in [3.8, 4) is 11.5 Å². The van der Waals surface area contributed by atoms with Crippen molar-refractivity contribution in [3.05, 3.63) is 81.9 Å². The number of hydrogen-bond acceptors (Lipinski definition) is 5. The Morgan fingerprint density at radius 2 is 1.89 bits per heavy atom. The Morgan fingerprint density at radius 3 is 2.71 bits per heavy atom. The third-order valence-electron chi connectivity index (χ3n) is 5.90. The molecule has 140 valence electrons. The molecule has 3 aromatic carbocycles. The highest BCUT2D eigenvalue weighted by Crippen LogP contribution is 2.54. The number of nitrogens with zero attached hydrogens (tertiary/aromatic N) is 1. The van der Waals surface area contributed by atoms with Gasteiger partial charge in [-0.2, -0.15) is 0 Å². The van der Waals surface area contributed by atoms with Crippen LogP contribution in [0.2, 0.25) is 0 Å². The Bertz CT molecular complexity index is 1150. The number of anilines is 1. The monoisotopic (exact) mass is 374 g/mol. The molecular formula is C22H18N2O4. The van der Waals surface area contributed by atoms with Crippen LogP contribution in [0.3, 0.4) is 0 Å². The first-order chi connectivity index (χ1) is 13.5. The number of aromatic hydroxyl groups is 2. The molecule has 0 amide bonds. The van der Waals surface area contributed by atoms with Crippen LogP contribution in [0.15, 0.2) is 60.7 Å². The first-order valence-corrected chi connectivity index (χ1v) is 9.19. The quantitative estimate of drug-likeness (QED) is 0.254. The topological polar surface area (TPSA) is 95.6 Å². The lowest BCUT2D eigenvalue weighted by Crippen LogP contribution is -2.29. The average Bonchev–Trinajstić information content (AvgIpc) is 3.18. The number of benzene rings is 3. The maximum atomic E-state index is 11.2. The fourth-order valence-corrected chi connectivity index (χ4v) is 4.67.